The Hall–Kier alpha value is -1.02. The van der Waals surface area contributed by atoms with Crippen LogP contribution in [-0.4, -0.2) is 19.1 Å². The van der Waals surface area contributed by atoms with Crippen LogP contribution in [0.1, 0.15) is 30.4 Å². The van der Waals surface area contributed by atoms with Gasteiger partial charge >= 0.3 is 0 Å². The lowest BCUT2D eigenvalue weighted by molar-refractivity contribution is 0.387. The van der Waals surface area contributed by atoms with Crippen LogP contribution in [0.3, 0.4) is 0 Å². The molecule has 0 heterocycles. The van der Waals surface area contributed by atoms with Crippen LogP contribution in [0.15, 0.2) is 18.2 Å². The van der Waals surface area contributed by atoms with Gasteiger partial charge in [-0.2, -0.15) is 0 Å². The Morgan fingerprint density at radius 2 is 1.88 bits per heavy atom. The fourth-order valence-electron chi connectivity index (χ4n) is 2.57. The predicted octanol–water partition coefficient (Wildman–Crippen LogP) is 2.62. The van der Waals surface area contributed by atoms with Crippen LogP contribution in [0.4, 0.5) is 5.69 Å². The molecule has 1 fully saturated rings. The van der Waals surface area contributed by atoms with Crippen LogP contribution in [0.5, 0.6) is 0 Å². The van der Waals surface area contributed by atoms with Gasteiger partial charge in [-0.25, -0.2) is 0 Å². The Labute approximate surface area is 98.4 Å². The second kappa shape index (κ2) is 4.88. The van der Waals surface area contributed by atoms with E-state index in [9.17, 15) is 0 Å². The molecule has 1 aliphatic rings. The number of nitrogens with two attached hydrogens (primary N) is 1. The lowest BCUT2D eigenvalue weighted by atomic mass is 9.90. The van der Waals surface area contributed by atoms with Crippen molar-refractivity contribution in [3.05, 3.63) is 29.3 Å². The molecule has 0 atom stereocenters. The van der Waals surface area contributed by atoms with Crippen molar-refractivity contribution in [2.24, 2.45) is 5.73 Å². The number of benzene rings is 1. The maximum Gasteiger partial charge on any atom is 0.0428 e. The second-order valence-corrected chi connectivity index (χ2v) is 4.81. The average molecular weight is 218 g/mol. The minimum Gasteiger partial charge on any atom is -0.367 e. The third-order valence-electron chi connectivity index (χ3n) is 3.61. The molecule has 0 unspecified atom stereocenters. The molecule has 88 valence electrons. The second-order valence-electron chi connectivity index (χ2n) is 4.81. The molecule has 0 spiro atoms. The van der Waals surface area contributed by atoms with Crippen molar-refractivity contribution >= 4 is 5.69 Å². The summed E-state index contributed by atoms with van der Waals surface area (Å²) < 4.78 is 0. The monoisotopic (exact) mass is 218 g/mol. The minimum atomic E-state index is 0.725. The van der Waals surface area contributed by atoms with Gasteiger partial charge in [0, 0.05) is 24.8 Å². The molecule has 2 heteroatoms. The maximum atomic E-state index is 5.74. The van der Waals surface area contributed by atoms with Crippen LogP contribution in [-0.2, 0) is 0 Å². The van der Waals surface area contributed by atoms with Crippen molar-refractivity contribution in [3.8, 4) is 0 Å². The van der Waals surface area contributed by atoms with Crippen LogP contribution >= 0.6 is 0 Å². The first kappa shape index (κ1) is 11.5. The Bertz CT molecular complexity index is 336. The van der Waals surface area contributed by atoms with Crippen molar-refractivity contribution < 1.29 is 0 Å². The molecule has 0 aromatic heterocycles. The summed E-state index contributed by atoms with van der Waals surface area (Å²) in [5, 5.41) is 0. The molecule has 2 N–H and O–H groups in total. The predicted molar refractivity (Wildman–Crippen MR) is 70.0 cm³/mol. The lowest BCUT2D eigenvalue weighted by Gasteiger charge is -2.40. The number of rotatable bonds is 4. The summed E-state index contributed by atoms with van der Waals surface area (Å²) in [6.07, 6.45) is 4.03. The van der Waals surface area contributed by atoms with Crippen LogP contribution in [0.2, 0.25) is 0 Å². The number of hydrogen-bond donors (Lipinski definition) is 1. The summed E-state index contributed by atoms with van der Waals surface area (Å²) >= 11 is 0. The first-order valence-corrected chi connectivity index (χ1v) is 6.27. The quantitative estimate of drug-likeness (QED) is 0.841. The number of nitrogens with zero attached hydrogens (tertiary/aromatic N) is 1. The van der Waals surface area contributed by atoms with Gasteiger partial charge in [0.15, 0.2) is 0 Å². The van der Waals surface area contributed by atoms with Gasteiger partial charge in [0.25, 0.3) is 0 Å². The summed E-state index contributed by atoms with van der Waals surface area (Å²) in [6, 6.07) is 7.26. The molecule has 2 rings (SSSR count). The molecule has 0 aliphatic heterocycles. The molecule has 1 aromatic rings. The topological polar surface area (TPSA) is 29.3 Å². The first-order valence-electron chi connectivity index (χ1n) is 6.27. The van der Waals surface area contributed by atoms with E-state index in [2.05, 4.69) is 36.9 Å². The van der Waals surface area contributed by atoms with E-state index in [0.717, 1.165) is 19.1 Å². The highest BCUT2D eigenvalue weighted by atomic mass is 15.2. The molecular weight excluding hydrogens is 196 g/mol. The molecule has 16 heavy (non-hydrogen) atoms. The highest BCUT2D eigenvalue weighted by Gasteiger charge is 2.26. The Balaban J connectivity index is 2.29. The highest BCUT2D eigenvalue weighted by Crippen LogP contribution is 2.33. The van der Waals surface area contributed by atoms with Gasteiger partial charge in [0.05, 0.1) is 0 Å². The van der Waals surface area contributed by atoms with E-state index in [1.807, 2.05) is 0 Å². The van der Waals surface area contributed by atoms with E-state index >= 15 is 0 Å². The van der Waals surface area contributed by atoms with E-state index in [1.165, 1.54) is 36.1 Å². The minimum absolute atomic E-state index is 0.725. The lowest BCUT2D eigenvalue weighted by Crippen LogP contribution is -2.43. The fourth-order valence-corrected chi connectivity index (χ4v) is 2.57. The number of para-hydroxylation sites is 1. The van der Waals surface area contributed by atoms with Crippen molar-refractivity contribution in [1.82, 2.24) is 0 Å². The van der Waals surface area contributed by atoms with Crippen molar-refractivity contribution in [2.45, 2.75) is 39.2 Å². The summed E-state index contributed by atoms with van der Waals surface area (Å²) in [5.41, 5.74) is 9.91. The molecule has 2 nitrogen and oxygen atoms in total. The number of aryl methyl sites for hydroxylation is 2. The van der Waals surface area contributed by atoms with Gasteiger partial charge in [0.1, 0.15) is 0 Å². The van der Waals surface area contributed by atoms with E-state index in [1.54, 1.807) is 0 Å². The molecular formula is C14H22N2. The zero-order chi connectivity index (χ0) is 11.5. The maximum absolute atomic E-state index is 5.74. The summed E-state index contributed by atoms with van der Waals surface area (Å²) in [7, 11) is 0. The molecule has 1 saturated carbocycles. The number of anilines is 1. The van der Waals surface area contributed by atoms with Crippen molar-refractivity contribution in [2.75, 3.05) is 18.0 Å². The van der Waals surface area contributed by atoms with Crippen molar-refractivity contribution in [3.63, 3.8) is 0 Å². The van der Waals surface area contributed by atoms with Gasteiger partial charge in [-0.05, 0) is 44.2 Å². The number of hydrogen-bond acceptors (Lipinski definition) is 2. The van der Waals surface area contributed by atoms with Crippen LogP contribution in [0.25, 0.3) is 0 Å². The van der Waals surface area contributed by atoms with Gasteiger partial charge in [0.2, 0.25) is 0 Å². The standard InChI is InChI=1S/C14H22N2/c1-11-5-3-6-12(2)14(11)16(10-9-15)13-7-4-8-13/h3,5-6,13H,4,7-10,15H2,1-2H3. The molecule has 0 radical (unpaired) electrons. The Kier molecular flexibility index (Phi) is 3.49. The largest absolute Gasteiger partial charge is 0.367 e. The molecule has 0 amide bonds. The van der Waals surface area contributed by atoms with E-state index in [-0.39, 0.29) is 0 Å². The van der Waals surface area contributed by atoms with Gasteiger partial charge in [-0.1, -0.05) is 18.2 Å². The highest BCUT2D eigenvalue weighted by molar-refractivity contribution is 5.59. The smallest absolute Gasteiger partial charge is 0.0428 e. The zero-order valence-corrected chi connectivity index (χ0v) is 10.4. The normalized spacial score (nSPS) is 15.9. The summed E-state index contributed by atoms with van der Waals surface area (Å²) in [6.45, 7) is 6.12. The average Bonchev–Trinajstić information content (AvgIpc) is 2.14. The molecule has 1 aromatic carbocycles. The van der Waals surface area contributed by atoms with E-state index < -0.39 is 0 Å². The summed E-state index contributed by atoms with van der Waals surface area (Å²) in [4.78, 5) is 2.52. The van der Waals surface area contributed by atoms with Crippen molar-refractivity contribution in [1.29, 1.82) is 0 Å². The van der Waals surface area contributed by atoms with Gasteiger partial charge < -0.3 is 10.6 Å². The third kappa shape index (κ3) is 2.07. The SMILES string of the molecule is Cc1cccc(C)c1N(CCN)C1CCC1. The Morgan fingerprint density at radius 1 is 1.25 bits per heavy atom. The summed E-state index contributed by atoms with van der Waals surface area (Å²) in [5.74, 6) is 0. The van der Waals surface area contributed by atoms with E-state index in [0.29, 0.717) is 0 Å². The Morgan fingerprint density at radius 3 is 2.31 bits per heavy atom. The molecule has 0 bridgehead atoms. The van der Waals surface area contributed by atoms with Crippen LogP contribution in [0, 0.1) is 13.8 Å². The third-order valence-corrected chi connectivity index (χ3v) is 3.61. The fraction of sp³-hybridized carbons (Fsp3) is 0.571. The molecule has 0 saturated heterocycles. The van der Waals surface area contributed by atoms with Crippen LogP contribution < -0.4 is 10.6 Å². The van der Waals surface area contributed by atoms with E-state index in [4.69, 9.17) is 5.73 Å². The zero-order valence-electron chi connectivity index (χ0n) is 10.4. The van der Waals surface area contributed by atoms with Gasteiger partial charge in [-0.15, -0.1) is 0 Å². The first-order chi connectivity index (χ1) is 7.74. The molecule has 1 aliphatic carbocycles. The van der Waals surface area contributed by atoms with Gasteiger partial charge in [-0.3, -0.25) is 0 Å².